The Morgan fingerprint density at radius 2 is 2.00 bits per heavy atom. The van der Waals surface area contributed by atoms with Crippen LogP contribution in [0.5, 0.6) is 0 Å². The van der Waals surface area contributed by atoms with Gasteiger partial charge in [-0.2, -0.15) is 0 Å². The van der Waals surface area contributed by atoms with E-state index in [0.717, 1.165) is 11.1 Å². The highest BCUT2D eigenvalue weighted by molar-refractivity contribution is 6.30. The number of benzene rings is 1. The van der Waals surface area contributed by atoms with Crippen LogP contribution in [-0.4, -0.2) is 23.5 Å². The Labute approximate surface area is 133 Å². The molecule has 1 aromatic carbocycles. The number of nitrogens with one attached hydrogen (secondary N) is 1. The standard InChI is InChI=1S/C16H15ClN2O3/c1-10-4-3-5-13(11(10)2)16(21)22-9-15(20)19-14-7-6-12(17)8-18-14/h3-8H,9H2,1-2H3,(H,18,19,20). The lowest BCUT2D eigenvalue weighted by Gasteiger charge is -2.09. The molecule has 5 nitrogen and oxygen atoms in total. The van der Waals surface area contributed by atoms with Gasteiger partial charge < -0.3 is 10.1 Å². The van der Waals surface area contributed by atoms with E-state index in [1.54, 1.807) is 24.3 Å². The number of carbonyl (C=O) groups excluding carboxylic acids is 2. The van der Waals surface area contributed by atoms with E-state index in [9.17, 15) is 9.59 Å². The molecule has 0 unspecified atom stereocenters. The monoisotopic (exact) mass is 318 g/mol. The van der Waals surface area contributed by atoms with Crippen LogP contribution in [0.1, 0.15) is 21.5 Å². The number of amides is 1. The van der Waals surface area contributed by atoms with Crippen molar-refractivity contribution in [2.24, 2.45) is 0 Å². The molecule has 114 valence electrons. The minimum absolute atomic E-state index is 0.345. The van der Waals surface area contributed by atoms with E-state index in [1.165, 1.54) is 6.20 Å². The molecule has 0 radical (unpaired) electrons. The van der Waals surface area contributed by atoms with Crippen molar-refractivity contribution in [2.45, 2.75) is 13.8 Å². The molecule has 0 saturated heterocycles. The molecule has 0 aliphatic heterocycles. The maximum absolute atomic E-state index is 12.0. The largest absolute Gasteiger partial charge is 0.452 e. The molecule has 22 heavy (non-hydrogen) atoms. The van der Waals surface area contributed by atoms with Crippen LogP contribution in [0.15, 0.2) is 36.5 Å². The molecule has 0 atom stereocenters. The molecule has 6 heteroatoms. The number of ether oxygens (including phenoxy) is 1. The second-order valence-corrected chi connectivity index (χ2v) is 5.17. The van der Waals surface area contributed by atoms with Gasteiger partial charge in [0.05, 0.1) is 10.6 Å². The molecule has 0 bridgehead atoms. The molecule has 1 N–H and O–H groups in total. The van der Waals surface area contributed by atoms with Gasteiger partial charge in [0.2, 0.25) is 0 Å². The first-order valence-electron chi connectivity index (χ1n) is 6.62. The predicted molar refractivity (Wildman–Crippen MR) is 84.1 cm³/mol. The Kier molecular flexibility index (Phi) is 5.12. The van der Waals surface area contributed by atoms with Crippen LogP contribution < -0.4 is 5.32 Å². The molecule has 1 aromatic heterocycles. The van der Waals surface area contributed by atoms with E-state index in [1.807, 2.05) is 19.9 Å². The maximum Gasteiger partial charge on any atom is 0.338 e. The van der Waals surface area contributed by atoms with Crippen LogP contribution in [0.3, 0.4) is 0 Å². The third kappa shape index (κ3) is 4.05. The molecule has 0 aliphatic carbocycles. The van der Waals surface area contributed by atoms with Crippen LogP contribution in [0.25, 0.3) is 0 Å². The van der Waals surface area contributed by atoms with Crippen molar-refractivity contribution in [1.29, 1.82) is 0 Å². The molecule has 0 saturated carbocycles. The van der Waals surface area contributed by atoms with E-state index < -0.39 is 11.9 Å². The van der Waals surface area contributed by atoms with E-state index in [4.69, 9.17) is 16.3 Å². The zero-order valence-corrected chi connectivity index (χ0v) is 13.0. The van der Waals surface area contributed by atoms with Gasteiger partial charge in [0.1, 0.15) is 5.82 Å². The van der Waals surface area contributed by atoms with Crippen molar-refractivity contribution in [1.82, 2.24) is 4.98 Å². The smallest absolute Gasteiger partial charge is 0.338 e. The Morgan fingerprint density at radius 1 is 1.23 bits per heavy atom. The van der Waals surface area contributed by atoms with Crippen molar-refractivity contribution < 1.29 is 14.3 Å². The van der Waals surface area contributed by atoms with E-state index in [0.29, 0.717) is 16.4 Å². The number of hydrogen-bond donors (Lipinski definition) is 1. The molecule has 0 spiro atoms. The van der Waals surface area contributed by atoms with Gasteiger partial charge in [-0.3, -0.25) is 4.79 Å². The van der Waals surface area contributed by atoms with Crippen LogP contribution >= 0.6 is 11.6 Å². The fraction of sp³-hybridized carbons (Fsp3) is 0.188. The molecule has 1 heterocycles. The molecule has 2 aromatic rings. The van der Waals surface area contributed by atoms with Gasteiger partial charge >= 0.3 is 5.97 Å². The molecular weight excluding hydrogens is 304 g/mol. The minimum atomic E-state index is -0.527. The lowest BCUT2D eigenvalue weighted by molar-refractivity contribution is -0.119. The highest BCUT2D eigenvalue weighted by Gasteiger charge is 2.13. The second kappa shape index (κ2) is 7.04. The van der Waals surface area contributed by atoms with Gasteiger partial charge in [0.25, 0.3) is 5.91 Å². The highest BCUT2D eigenvalue weighted by atomic mass is 35.5. The number of halogens is 1. The Hall–Kier alpha value is -2.40. The summed E-state index contributed by atoms with van der Waals surface area (Å²) in [5.41, 5.74) is 2.29. The summed E-state index contributed by atoms with van der Waals surface area (Å²) < 4.78 is 5.02. The zero-order chi connectivity index (χ0) is 16.1. The van der Waals surface area contributed by atoms with Crippen LogP contribution in [0.2, 0.25) is 5.02 Å². The van der Waals surface area contributed by atoms with Gasteiger partial charge in [-0.05, 0) is 43.2 Å². The number of rotatable bonds is 4. The Bertz CT molecular complexity index is 699. The third-order valence-corrected chi connectivity index (χ3v) is 3.38. The van der Waals surface area contributed by atoms with Crippen LogP contribution in [0, 0.1) is 13.8 Å². The fourth-order valence-corrected chi connectivity index (χ4v) is 1.92. The Balaban J connectivity index is 1.92. The first kappa shape index (κ1) is 16.0. The highest BCUT2D eigenvalue weighted by Crippen LogP contribution is 2.14. The van der Waals surface area contributed by atoms with Crippen molar-refractivity contribution in [3.63, 3.8) is 0 Å². The first-order valence-corrected chi connectivity index (χ1v) is 7.00. The van der Waals surface area contributed by atoms with Gasteiger partial charge in [0.15, 0.2) is 6.61 Å². The lowest BCUT2D eigenvalue weighted by atomic mass is 10.0. The van der Waals surface area contributed by atoms with Gasteiger partial charge in [0, 0.05) is 6.20 Å². The summed E-state index contributed by atoms with van der Waals surface area (Å²) >= 11 is 5.70. The van der Waals surface area contributed by atoms with Crippen LogP contribution in [-0.2, 0) is 9.53 Å². The van der Waals surface area contributed by atoms with Gasteiger partial charge in [-0.25, -0.2) is 9.78 Å². The van der Waals surface area contributed by atoms with Gasteiger partial charge in [-0.15, -0.1) is 0 Å². The SMILES string of the molecule is Cc1cccc(C(=O)OCC(=O)Nc2ccc(Cl)cn2)c1C. The maximum atomic E-state index is 12.0. The first-order chi connectivity index (χ1) is 10.5. The van der Waals surface area contributed by atoms with Crippen molar-refractivity contribution in [2.75, 3.05) is 11.9 Å². The average Bonchev–Trinajstić information content (AvgIpc) is 2.50. The summed E-state index contributed by atoms with van der Waals surface area (Å²) in [4.78, 5) is 27.6. The summed E-state index contributed by atoms with van der Waals surface area (Å²) in [6.45, 7) is 3.37. The molecule has 0 aliphatic rings. The van der Waals surface area contributed by atoms with Gasteiger partial charge in [-0.1, -0.05) is 23.7 Å². The average molecular weight is 319 g/mol. The normalized spacial score (nSPS) is 10.1. The van der Waals surface area contributed by atoms with E-state index >= 15 is 0 Å². The molecular formula is C16H15ClN2O3. The summed E-state index contributed by atoms with van der Waals surface area (Å²) in [6, 6.07) is 8.52. The number of hydrogen-bond acceptors (Lipinski definition) is 4. The quantitative estimate of drug-likeness (QED) is 0.879. The lowest BCUT2D eigenvalue weighted by Crippen LogP contribution is -2.21. The molecule has 0 fully saturated rings. The van der Waals surface area contributed by atoms with E-state index in [-0.39, 0.29) is 6.61 Å². The fourth-order valence-electron chi connectivity index (χ4n) is 1.81. The van der Waals surface area contributed by atoms with Crippen molar-refractivity contribution >= 4 is 29.3 Å². The molecule has 1 amide bonds. The Morgan fingerprint density at radius 3 is 2.68 bits per heavy atom. The van der Waals surface area contributed by atoms with E-state index in [2.05, 4.69) is 10.3 Å². The topological polar surface area (TPSA) is 68.3 Å². The summed E-state index contributed by atoms with van der Waals surface area (Å²) in [5, 5.41) is 2.99. The molecule has 2 rings (SSSR count). The summed E-state index contributed by atoms with van der Waals surface area (Å²) in [7, 11) is 0. The zero-order valence-electron chi connectivity index (χ0n) is 12.2. The third-order valence-electron chi connectivity index (χ3n) is 3.15. The number of anilines is 1. The predicted octanol–water partition coefficient (Wildman–Crippen LogP) is 3.15. The summed E-state index contributed by atoms with van der Waals surface area (Å²) in [5.74, 6) is -0.647. The number of aromatic nitrogens is 1. The number of aryl methyl sites for hydroxylation is 1. The number of pyridine rings is 1. The van der Waals surface area contributed by atoms with Crippen molar-refractivity contribution in [3.05, 3.63) is 58.2 Å². The number of carbonyl (C=O) groups is 2. The number of nitrogens with zero attached hydrogens (tertiary/aromatic N) is 1. The van der Waals surface area contributed by atoms with Crippen LogP contribution in [0.4, 0.5) is 5.82 Å². The summed E-state index contributed by atoms with van der Waals surface area (Å²) in [6.07, 6.45) is 1.42. The minimum Gasteiger partial charge on any atom is -0.452 e. The second-order valence-electron chi connectivity index (χ2n) is 4.73. The van der Waals surface area contributed by atoms with Crippen molar-refractivity contribution in [3.8, 4) is 0 Å². The number of esters is 1.